The molecule has 8 atom stereocenters. The molecule has 0 aromatic heterocycles. The van der Waals surface area contributed by atoms with Gasteiger partial charge in [-0.05, 0) is 97.2 Å². The van der Waals surface area contributed by atoms with Crippen molar-refractivity contribution in [1.82, 2.24) is 0 Å². The monoisotopic (exact) mass is 444 g/mol. The van der Waals surface area contributed by atoms with Gasteiger partial charge >= 0.3 is 0 Å². The molecule has 3 fully saturated rings. The molecule has 0 amide bonds. The molecule has 4 rings (SSSR count). The minimum atomic E-state index is 0.602. The van der Waals surface area contributed by atoms with Crippen LogP contribution in [0.2, 0.25) is 0 Å². The van der Waals surface area contributed by atoms with Crippen LogP contribution in [0.3, 0.4) is 0 Å². The van der Waals surface area contributed by atoms with E-state index in [0.717, 1.165) is 41.4 Å². The average Bonchev–Trinajstić information content (AvgIpc) is 3.14. The van der Waals surface area contributed by atoms with Gasteiger partial charge in [-0.1, -0.05) is 107 Å². The Morgan fingerprint density at radius 2 is 1.47 bits per heavy atom. The van der Waals surface area contributed by atoms with Gasteiger partial charge in [-0.3, -0.25) is 0 Å². The number of fused-ring (bicyclic) bond motifs is 5. The Labute approximate surface area is 203 Å². The molecule has 0 bridgehead atoms. The molecule has 3 saturated carbocycles. The van der Waals surface area contributed by atoms with Gasteiger partial charge in [0.1, 0.15) is 0 Å². The predicted octanol–water partition coefficient (Wildman–Crippen LogP) is 10.7. The van der Waals surface area contributed by atoms with Crippen molar-refractivity contribution < 1.29 is 0 Å². The summed E-state index contributed by atoms with van der Waals surface area (Å²) in [5, 5.41) is 0. The molecule has 0 heterocycles. The normalized spacial score (nSPS) is 41.1. The molecule has 0 aromatic rings. The van der Waals surface area contributed by atoms with E-state index in [1.807, 2.05) is 33.3 Å². The summed E-state index contributed by atoms with van der Waals surface area (Å²) in [6.07, 6.45) is 19.0. The van der Waals surface area contributed by atoms with Gasteiger partial charge in [-0.25, -0.2) is 0 Å². The Morgan fingerprint density at radius 1 is 0.844 bits per heavy atom. The molecular formula is C32H60. The van der Waals surface area contributed by atoms with E-state index in [1.54, 1.807) is 0 Å². The van der Waals surface area contributed by atoms with Crippen LogP contribution in [0.5, 0.6) is 0 Å². The largest absolute Gasteiger partial charge is 0.0844 e. The second kappa shape index (κ2) is 11.9. The third-order valence-corrected chi connectivity index (χ3v) is 10.5. The van der Waals surface area contributed by atoms with Crippen LogP contribution in [0, 0.1) is 52.3 Å². The van der Waals surface area contributed by atoms with Gasteiger partial charge in [0.05, 0.1) is 0 Å². The lowest BCUT2D eigenvalue weighted by Gasteiger charge is -2.58. The molecule has 0 radical (unpaired) electrons. The SMILES string of the molecule is CC.CC.CC(C)CCCC(C)C1CCC2C3=CCC4CC(C)CCC4(C)C3CCC21C. The quantitative estimate of drug-likeness (QED) is 0.370. The smallest absolute Gasteiger partial charge is 0.0143 e. The van der Waals surface area contributed by atoms with E-state index in [2.05, 4.69) is 47.6 Å². The molecule has 4 aliphatic rings. The van der Waals surface area contributed by atoms with E-state index in [0.29, 0.717) is 10.8 Å². The van der Waals surface area contributed by atoms with Crippen molar-refractivity contribution in [3.63, 3.8) is 0 Å². The Bertz CT molecular complexity index is 585. The molecule has 0 N–H and O–H groups in total. The molecule has 0 aliphatic heterocycles. The number of hydrogen-bond acceptors (Lipinski definition) is 0. The van der Waals surface area contributed by atoms with Crippen molar-refractivity contribution >= 4 is 0 Å². The fourth-order valence-corrected chi connectivity index (χ4v) is 8.75. The first-order valence-electron chi connectivity index (χ1n) is 15.0. The van der Waals surface area contributed by atoms with Crippen molar-refractivity contribution in [2.24, 2.45) is 52.3 Å². The Morgan fingerprint density at radius 3 is 2.12 bits per heavy atom. The van der Waals surface area contributed by atoms with Crippen LogP contribution in [0.15, 0.2) is 11.6 Å². The molecule has 0 spiro atoms. The number of hydrogen-bond donors (Lipinski definition) is 0. The molecule has 0 heteroatoms. The van der Waals surface area contributed by atoms with Crippen molar-refractivity contribution in [1.29, 1.82) is 0 Å². The molecule has 0 saturated heterocycles. The third kappa shape index (κ3) is 5.35. The van der Waals surface area contributed by atoms with Crippen LogP contribution < -0.4 is 0 Å². The first kappa shape index (κ1) is 28.0. The molecular weight excluding hydrogens is 384 g/mol. The van der Waals surface area contributed by atoms with Crippen LogP contribution in [-0.4, -0.2) is 0 Å². The van der Waals surface area contributed by atoms with Crippen molar-refractivity contribution in [3.8, 4) is 0 Å². The highest BCUT2D eigenvalue weighted by Gasteiger charge is 2.57. The van der Waals surface area contributed by atoms with Crippen LogP contribution in [-0.2, 0) is 0 Å². The Kier molecular flexibility index (Phi) is 10.4. The second-order valence-corrected chi connectivity index (χ2v) is 12.7. The maximum atomic E-state index is 2.79. The van der Waals surface area contributed by atoms with E-state index >= 15 is 0 Å². The molecule has 8 unspecified atom stereocenters. The fraction of sp³-hybridized carbons (Fsp3) is 0.938. The predicted molar refractivity (Wildman–Crippen MR) is 145 cm³/mol. The zero-order chi connectivity index (χ0) is 24.1. The molecule has 188 valence electrons. The van der Waals surface area contributed by atoms with Gasteiger partial charge in [0.25, 0.3) is 0 Å². The summed E-state index contributed by atoms with van der Waals surface area (Å²) >= 11 is 0. The Hall–Kier alpha value is -0.260. The molecule has 4 aliphatic carbocycles. The Balaban J connectivity index is 0.000000860. The molecule has 0 nitrogen and oxygen atoms in total. The van der Waals surface area contributed by atoms with Gasteiger partial charge in [0.15, 0.2) is 0 Å². The van der Waals surface area contributed by atoms with Crippen LogP contribution in [0.25, 0.3) is 0 Å². The zero-order valence-corrected chi connectivity index (χ0v) is 23.9. The minimum absolute atomic E-state index is 0.602. The maximum absolute atomic E-state index is 2.79. The summed E-state index contributed by atoms with van der Waals surface area (Å²) in [6.45, 7) is 23.3. The first-order chi connectivity index (χ1) is 15.3. The number of rotatable bonds is 5. The number of allylic oxidation sites excluding steroid dienone is 2. The lowest BCUT2D eigenvalue weighted by molar-refractivity contribution is -0.0187. The van der Waals surface area contributed by atoms with E-state index in [4.69, 9.17) is 0 Å². The maximum Gasteiger partial charge on any atom is -0.0143 e. The van der Waals surface area contributed by atoms with E-state index in [-0.39, 0.29) is 0 Å². The highest BCUT2D eigenvalue weighted by atomic mass is 14.6. The minimum Gasteiger partial charge on any atom is -0.0844 e. The fourth-order valence-electron chi connectivity index (χ4n) is 8.75. The molecule has 32 heavy (non-hydrogen) atoms. The highest BCUT2D eigenvalue weighted by molar-refractivity contribution is 5.27. The highest BCUT2D eigenvalue weighted by Crippen LogP contribution is 2.67. The second-order valence-electron chi connectivity index (χ2n) is 12.7. The summed E-state index contributed by atoms with van der Waals surface area (Å²) < 4.78 is 0. The lowest BCUT2D eigenvalue weighted by atomic mass is 9.47. The van der Waals surface area contributed by atoms with Crippen LogP contribution in [0.4, 0.5) is 0 Å². The summed E-state index contributed by atoms with van der Waals surface area (Å²) in [5.74, 6) is 6.55. The summed E-state index contributed by atoms with van der Waals surface area (Å²) in [6, 6.07) is 0. The lowest BCUT2D eigenvalue weighted by Crippen LogP contribution is -2.49. The van der Waals surface area contributed by atoms with Gasteiger partial charge in [-0.15, -0.1) is 0 Å². The third-order valence-electron chi connectivity index (χ3n) is 10.5. The first-order valence-corrected chi connectivity index (χ1v) is 15.0. The van der Waals surface area contributed by atoms with Gasteiger partial charge < -0.3 is 0 Å². The average molecular weight is 445 g/mol. The van der Waals surface area contributed by atoms with Crippen LogP contribution in [0.1, 0.15) is 140 Å². The summed E-state index contributed by atoms with van der Waals surface area (Å²) in [4.78, 5) is 0. The van der Waals surface area contributed by atoms with Gasteiger partial charge in [-0.2, -0.15) is 0 Å². The van der Waals surface area contributed by atoms with Gasteiger partial charge in [0, 0.05) is 0 Å². The topological polar surface area (TPSA) is 0 Å². The van der Waals surface area contributed by atoms with Gasteiger partial charge in [0.2, 0.25) is 0 Å². The van der Waals surface area contributed by atoms with Crippen molar-refractivity contribution in [3.05, 3.63) is 11.6 Å². The van der Waals surface area contributed by atoms with Crippen molar-refractivity contribution in [2.45, 2.75) is 140 Å². The zero-order valence-electron chi connectivity index (χ0n) is 23.9. The van der Waals surface area contributed by atoms with E-state index in [1.165, 1.54) is 70.6 Å². The molecule has 0 aromatic carbocycles. The van der Waals surface area contributed by atoms with Crippen molar-refractivity contribution in [2.75, 3.05) is 0 Å². The standard InChI is InChI=1S/C28H48.2C2H6/c1-19(2)8-7-9-21(4)24-12-13-25-23-11-10-22-18-20(3)14-16-27(22,5)26(23)15-17-28(24,25)6;2*1-2/h11,19-22,24-26H,7-10,12-18H2,1-6H3;2*1-2H3. The summed E-state index contributed by atoms with van der Waals surface area (Å²) in [5.41, 5.74) is 3.18. The van der Waals surface area contributed by atoms with E-state index in [9.17, 15) is 0 Å². The van der Waals surface area contributed by atoms with E-state index < -0.39 is 0 Å². The summed E-state index contributed by atoms with van der Waals surface area (Å²) in [7, 11) is 0. The van der Waals surface area contributed by atoms with Crippen LogP contribution >= 0.6 is 0 Å².